The average Bonchev–Trinajstić information content (AvgIpc) is 3.46. The summed E-state index contributed by atoms with van der Waals surface area (Å²) in [5.41, 5.74) is 8.63. The minimum Gasteiger partial charge on any atom is -0.485 e. The van der Waals surface area contributed by atoms with Crippen molar-refractivity contribution < 1.29 is 51.4 Å². The first-order valence-electron chi connectivity index (χ1n) is 15.3. The number of aliphatic hydroxyl groups is 1. The number of nitrogens with two attached hydrogens (primary N) is 2. The Kier molecular flexibility index (Phi) is 9.86. The zero-order valence-corrected chi connectivity index (χ0v) is 28.8. The smallest absolute Gasteiger partial charge is 0.418 e. The van der Waals surface area contributed by atoms with E-state index < -0.39 is 62.7 Å². The standard InChI is InChI=1S/C29H38N8O11S2/c1-27(2)21(24(40)37(27)48-50(43,44)45)35-23(39)20(17-13-49-26(31)34-17)36-47-28(3,25(41)42)19-7-5-14-10-15(4-6-18(14)46-19)22(30)33-16-11-29(32,12-16)8-9-38/h4,6,10,13,16,19,21,38H,5,7-9,11-12,32H2,1-3H3,(H2,30,33)(H2,31,34)(H,35,39)(H,41,42)(H,43,44,45)/b36-20-/t16?,19-,21-,28+,29?/m1/s1. The molecule has 50 heavy (non-hydrogen) atoms. The summed E-state index contributed by atoms with van der Waals surface area (Å²) in [6, 6.07) is 3.72. The molecule has 1 aliphatic carbocycles. The lowest BCUT2D eigenvalue weighted by Crippen LogP contribution is -2.76. The molecule has 1 saturated heterocycles. The summed E-state index contributed by atoms with van der Waals surface area (Å²) in [7, 11) is -5.04. The number of rotatable bonds is 13. The van der Waals surface area contributed by atoms with Crippen molar-refractivity contribution in [1.29, 1.82) is 5.41 Å². The first kappa shape index (κ1) is 36.9. The number of carbonyl (C=O) groups is 3. The molecule has 2 aromatic rings. The van der Waals surface area contributed by atoms with Crippen LogP contribution >= 0.6 is 11.3 Å². The van der Waals surface area contributed by atoms with Gasteiger partial charge in [-0.1, -0.05) is 5.16 Å². The maximum Gasteiger partial charge on any atom is 0.418 e. The molecule has 3 atom stereocenters. The summed E-state index contributed by atoms with van der Waals surface area (Å²) in [6.07, 6.45) is 1.17. The van der Waals surface area contributed by atoms with Crippen molar-refractivity contribution in [2.75, 3.05) is 12.3 Å². The first-order chi connectivity index (χ1) is 23.3. The molecule has 0 unspecified atom stereocenters. The lowest BCUT2D eigenvalue weighted by molar-refractivity contribution is -0.218. The van der Waals surface area contributed by atoms with Crippen LogP contribution in [0.15, 0.2) is 28.7 Å². The number of oxime groups is 1. The lowest BCUT2D eigenvalue weighted by atomic mass is 9.71. The Morgan fingerprint density at radius 3 is 2.58 bits per heavy atom. The number of ether oxygens (including phenoxy) is 1. The molecule has 0 radical (unpaired) electrons. The topological polar surface area (TPSA) is 302 Å². The number of hydrogen-bond acceptors (Lipinski definition) is 15. The number of thiazole rings is 1. The molecule has 19 nitrogen and oxygen atoms in total. The number of hydroxylamine groups is 2. The number of anilines is 1. The van der Waals surface area contributed by atoms with Gasteiger partial charge < -0.3 is 41.9 Å². The first-order valence-corrected chi connectivity index (χ1v) is 17.6. The van der Waals surface area contributed by atoms with E-state index in [-0.39, 0.29) is 35.7 Å². The predicted octanol–water partition coefficient (Wildman–Crippen LogP) is -0.320. The molecule has 3 aliphatic rings. The highest BCUT2D eigenvalue weighted by molar-refractivity contribution is 7.80. The van der Waals surface area contributed by atoms with Crippen molar-refractivity contribution >= 4 is 56.2 Å². The second kappa shape index (κ2) is 13.4. The van der Waals surface area contributed by atoms with Crippen LogP contribution in [0, 0.1) is 5.41 Å². The minimum atomic E-state index is -5.04. The van der Waals surface area contributed by atoms with E-state index in [4.69, 9.17) is 31.0 Å². The predicted molar refractivity (Wildman–Crippen MR) is 176 cm³/mol. The summed E-state index contributed by atoms with van der Waals surface area (Å²) < 4.78 is 41.7. The molecule has 1 saturated carbocycles. The molecule has 0 bridgehead atoms. The molecule has 2 amide bonds. The molecule has 10 N–H and O–H groups in total. The van der Waals surface area contributed by atoms with Gasteiger partial charge in [0.15, 0.2) is 16.9 Å². The Bertz CT molecular complexity index is 1840. The van der Waals surface area contributed by atoms with E-state index in [1.165, 1.54) is 26.2 Å². The Morgan fingerprint density at radius 1 is 1.30 bits per heavy atom. The zero-order chi connectivity index (χ0) is 36.8. The number of benzene rings is 1. The molecule has 2 fully saturated rings. The van der Waals surface area contributed by atoms with E-state index in [0.29, 0.717) is 42.1 Å². The van der Waals surface area contributed by atoms with Crippen LogP contribution in [0.3, 0.4) is 0 Å². The molecule has 3 heterocycles. The maximum absolute atomic E-state index is 13.5. The fourth-order valence-electron chi connectivity index (χ4n) is 6.07. The fraction of sp³-hybridized carbons (Fsp3) is 0.517. The SMILES string of the molecule is CC1(C)[C@H](NC(=O)/C(=N\O[C@](C)(C(=O)O)[C@H]2CCc3cc(C(=N)NC4CC(N)(CCO)C4)ccc3O2)c2csc(N)n2)C(=O)N1OS(=O)(=O)O. The van der Waals surface area contributed by atoms with Crippen LogP contribution in [0.2, 0.25) is 0 Å². The van der Waals surface area contributed by atoms with Crippen molar-refractivity contribution in [3.05, 3.63) is 40.4 Å². The van der Waals surface area contributed by atoms with Crippen LogP contribution in [0.5, 0.6) is 5.75 Å². The Morgan fingerprint density at radius 2 is 2.00 bits per heavy atom. The van der Waals surface area contributed by atoms with E-state index in [2.05, 4.69) is 25.1 Å². The number of carboxylic acid groups (broad SMARTS) is 1. The second-order valence-corrected chi connectivity index (χ2v) is 15.0. The third-order valence-corrected chi connectivity index (χ3v) is 10.0. The number of amides is 2. The summed E-state index contributed by atoms with van der Waals surface area (Å²) in [4.78, 5) is 48.3. The van der Waals surface area contributed by atoms with Gasteiger partial charge in [-0.2, -0.15) is 13.5 Å². The molecule has 1 aromatic carbocycles. The number of aliphatic carboxylic acids is 1. The van der Waals surface area contributed by atoms with Gasteiger partial charge in [-0.05, 0) is 76.6 Å². The number of hydrogen-bond donors (Lipinski definition) is 8. The highest BCUT2D eigenvalue weighted by Crippen LogP contribution is 2.36. The van der Waals surface area contributed by atoms with Crippen LogP contribution in [0.4, 0.5) is 5.13 Å². The number of carboxylic acids is 1. The van der Waals surface area contributed by atoms with Crippen LogP contribution in [0.25, 0.3) is 0 Å². The summed E-state index contributed by atoms with van der Waals surface area (Å²) in [5.74, 6) is -2.93. The fourth-order valence-corrected chi connectivity index (χ4v) is 7.07. The van der Waals surface area contributed by atoms with Crippen LogP contribution < -0.4 is 26.8 Å². The Balaban J connectivity index is 1.30. The number of β-lactam (4-membered cyclic amide) rings is 1. The Labute approximate surface area is 290 Å². The van der Waals surface area contributed by atoms with Crippen LogP contribution in [-0.2, 0) is 40.3 Å². The number of nitrogens with one attached hydrogen (secondary N) is 3. The number of aryl methyl sites for hydroxylation is 1. The van der Waals surface area contributed by atoms with Gasteiger partial charge in [0.05, 0.1) is 5.54 Å². The number of aromatic nitrogens is 1. The molecule has 2 aliphatic heterocycles. The maximum atomic E-state index is 13.5. The molecular weight excluding hydrogens is 700 g/mol. The van der Waals surface area contributed by atoms with E-state index >= 15 is 0 Å². The van der Waals surface area contributed by atoms with Crippen LogP contribution in [-0.4, -0.2) is 104 Å². The number of nitrogen functional groups attached to an aromatic ring is 1. The third-order valence-electron chi connectivity index (χ3n) is 9.02. The van der Waals surface area contributed by atoms with Gasteiger partial charge in [0.2, 0.25) is 0 Å². The third kappa shape index (κ3) is 7.37. The number of fused-ring (bicyclic) bond motifs is 1. The van der Waals surface area contributed by atoms with Gasteiger partial charge in [-0.25, -0.2) is 9.78 Å². The van der Waals surface area contributed by atoms with Crippen LogP contribution in [0.1, 0.15) is 63.3 Å². The number of aliphatic hydroxyl groups excluding tert-OH is 1. The van der Waals surface area contributed by atoms with Gasteiger partial charge in [0, 0.05) is 29.1 Å². The van der Waals surface area contributed by atoms with Crippen molar-refractivity contribution in [3.63, 3.8) is 0 Å². The molecule has 272 valence electrons. The Hall–Kier alpha value is -4.41. The van der Waals surface area contributed by atoms with E-state index in [9.17, 15) is 33.0 Å². The summed E-state index contributed by atoms with van der Waals surface area (Å²) in [6.45, 7) is 3.95. The van der Waals surface area contributed by atoms with Gasteiger partial charge in [-0.15, -0.1) is 15.6 Å². The number of nitrogens with zero attached hydrogens (tertiary/aromatic N) is 3. The van der Waals surface area contributed by atoms with Crippen molar-refractivity contribution in [3.8, 4) is 5.75 Å². The number of amidine groups is 1. The van der Waals surface area contributed by atoms with Gasteiger partial charge in [0.1, 0.15) is 23.3 Å². The summed E-state index contributed by atoms with van der Waals surface area (Å²) >= 11 is 0.954. The van der Waals surface area contributed by atoms with Crippen molar-refractivity contribution in [2.45, 2.75) is 87.7 Å². The summed E-state index contributed by atoms with van der Waals surface area (Å²) in [5, 5.41) is 39.2. The highest BCUT2D eigenvalue weighted by atomic mass is 32.3. The second-order valence-electron chi connectivity index (χ2n) is 13.1. The monoisotopic (exact) mass is 738 g/mol. The lowest BCUT2D eigenvalue weighted by Gasteiger charge is -2.50. The molecular formula is C29H38N8O11S2. The molecule has 0 spiro atoms. The van der Waals surface area contributed by atoms with Gasteiger partial charge >= 0.3 is 16.4 Å². The molecule has 21 heteroatoms. The average molecular weight is 739 g/mol. The minimum absolute atomic E-state index is 0.00244. The van der Waals surface area contributed by atoms with E-state index in [1.807, 2.05) is 0 Å². The van der Waals surface area contributed by atoms with E-state index in [0.717, 1.165) is 16.9 Å². The molecule has 5 rings (SSSR count). The van der Waals surface area contributed by atoms with Crippen molar-refractivity contribution in [2.24, 2.45) is 10.9 Å². The largest absolute Gasteiger partial charge is 0.485 e. The highest BCUT2D eigenvalue weighted by Gasteiger charge is 2.58. The quantitative estimate of drug-likeness (QED) is 0.0429. The van der Waals surface area contributed by atoms with E-state index in [1.54, 1.807) is 18.2 Å². The zero-order valence-electron chi connectivity index (χ0n) is 27.2. The van der Waals surface area contributed by atoms with Gasteiger partial charge in [0.25, 0.3) is 17.4 Å². The number of carbonyl (C=O) groups excluding carboxylic acids is 2. The van der Waals surface area contributed by atoms with Gasteiger partial charge in [-0.3, -0.25) is 19.6 Å². The van der Waals surface area contributed by atoms with Crippen molar-refractivity contribution in [1.82, 2.24) is 20.7 Å². The normalized spacial score (nSPS) is 25.6. The molecule has 1 aromatic heterocycles.